The summed E-state index contributed by atoms with van der Waals surface area (Å²) in [6.07, 6.45) is 66.8. The molecule has 0 aromatic heterocycles. The lowest BCUT2D eigenvalue weighted by atomic mass is 10.1. The molecule has 3 unspecified atom stereocenters. The summed E-state index contributed by atoms with van der Waals surface area (Å²) in [4.78, 5) is 25.2. The molecule has 9 heteroatoms. The van der Waals surface area contributed by atoms with Crippen molar-refractivity contribution < 1.29 is 32.9 Å². The quantitative estimate of drug-likeness (QED) is 0.0274. The van der Waals surface area contributed by atoms with Gasteiger partial charge in [-0.05, 0) is 96.3 Å². The summed E-state index contributed by atoms with van der Waals surface area (Å²) < 4.78 is 23.1. The molecule has 0 aliphatic rings. The number of hydrogen-bond donors (Lipinski definition) is 2. The van der Waals surface area contributed by atoms with Crippen LogP contribution in [-0.2, 0) is 18.4 Å². The van der Waals surface area contributed by atoms with E-state index in [1.807, 2.05) is 27.2 Å². The third kappa shape index (κ3) is 46.4. The number of allylic oxidation sites excluding steroid dienone is 21. The van der Waals surface area contributed by atoms with Gasteiger partial charge in [0.15, 0.2) is 0 Å². The third-order valence-corrected chi connectivity index (χ3v) is 10.6. The zero-order chi connectivity index (χ0) is 46.4. The van der Waals surface area contributed by atoms with Gasteiger partial charge in [0.25, 0.3) is 7.82 Å². The van der Waals surface area contributed by atoms with Crippen molar-refractivity contribution in [1.29, 1.82) is 0 Å². The van der Waals surface area contributed by atoms with Crippen molar-refractivity contribution in [3.8, 4) is 0 Å². The van der Waals surface area contributed by atoms with E-state index in [9.17, 15) is 19.4 Å². The van der Waals surface area contributed by atoms with Gasteiger partial charge in [0.1, 0.15) is 13.2 Å². The van der Waals surface area contributed by atoms with E-state index in [1.54, 1.807) is 6.08 Å². The maximum absolute atomic E-state index is 12.8. The Labute approximate surface area is 386 Å². The van der Waals surface area contributed by atoms with Crippen LogP contribution >= 0.6 is 7.82 Å². The Morgan fingerprint density at radius 1 is 0.571 bits per heavy atom. The number of amides is 1. The summed E-state index contributed by atoms with van der Waals surface area (Å²) in [6, 6.07) is -0.921. The van der Waals surface area contributed by atoms with E-state index >= 15 is 0 Å². The normalized spacial score (nSPS) is 15.3. The first-order valence-electron chi connectivity index (χ1n) is 24.0. The first-order chi connectivity index (χ1) is 30.5. The standard InChI is InChI=1S/C54H89N2O6P/c1-6-8-10-12-14-16-17-18-19-20-21-22-23-24-25-26-27-28-29-30-31-32-33-34-35-36-37-38-39-40-42-44-46-48-54(58)55-52(51-62-63(59,60)61-50-49-56(3,4)5)53(57)47-45-43-41-15-13-11-9-7-2/h8,10,13-16,18-19,21-22,24-25,27-28,30-31,33-34,36-37,45,47,52-53,57H,6-7,9,11-12,17,20,23,26,29,32,35,38-44,46,48-51H2,1-5H3,(H-,55,58,59,60)/b10-8-,15-13+,16-14-,19-18-,22-21-,25-24-,28-27-,31-30-,34-33-,37-36-,47-45+. The second kappa shape index (κ2) is 43.9. The highest BCUT2D eigenvalue weighted by molar-refractivity contribution is 7.45. The van der Waals surface area contributed by atoms with Gasteiger partial charge in [-0.1, -0.05) is 180 Å². The van der Waals surface area contributed by atoms with Crippen LogP contribution in [0.5, 0.6) is 0 Å². The summed E-state index contributed by atoms with van der Waals surface area (Å²) >= 11 is 0. The highest BCUT2D eigenvalue weighted by Gasteiger charge is 2.23. The summed E-state index contributed by atoms with van der Waals surface area (Å²) in [7, 11) is 1.20. The predicted octanol–water partition coefficient (Wildman–Crippen LogP) is 13.4. The maximum atomic E-state index is 12.8. The number of likely N-dealkylation sites (N-methyl/N-ethyl adjacent to an activating group) is 1. The van der Waals surface area contributed by atoms with Crippen LogP contribution in [0.2, 0.25) is 0 Å². The van der Waals surface area contributed by atoms with E-state index in [1.165, 1.54) is 6.42 Å². The third-order valence-electron chi connectivity index (χ3n) is 9.59. The van der Waals surface area contributed by atoms with E-state index in [2.05, 4.69) is 141 Å². The van der Waals surface area contributed by atoms with E-state index in [0.717, 1.165) is 122 Å². The Kier molecular flexibility index (Phi) is 41.5. The summed E-state index contributed by atoms with van der Waals surface area (Å²) in [5.74, 6) is -0.238. The largest absolute Gasteiger partial charge is 0.756 e. The number of aliphatic hydroxyl groups is 1. The minimum atomic E-state index is -4.60. The molecule has 0 saturated carbocycles. The van der Waals surface area contributed by atoms with Crippen LogP contribution in [0, 0.1) is 0 Å². The molecule has 3 atom stereocenters. The van der Waals surface area contributed by atoms with Gasteiger partial charge in [-0.3, -0.25) is 9.36 Å². The summed E-state index contributed by atoms with van der Waals surface area (Å²) in [5.41, 5.74) is 0. The summed E-state index contributed by atoms with van der Waals surface area (Å²) in [6.45, 7) is 4.37. The molecule has 1 amide bonds. The SMILES string of the molecule is CC/C=C\C/C=C\C/C=C\C/C=C\C/C=C\C/C=C\C/C=C\C/C=C\C/C=C\CCCCCCCC(=O)NC(COP(=O)([O-])OCC[N+](C)(C)C)C(O)/C=C/CC/C=C/CCCC. The van der Waals surface area contributed by atoms with E-state index in [-0.39, 0.29) is 12.5 Å². The van der Waals surface area contributed by atoms with Crippen molar-refractivity contribution in [3.05, 3.63) is 134 Å². The molecule has 0 fully saturated rings. The Hall–Kier alpha value is -3.36. The molecule has 8 nitrogen and oxygen atoms in total. The molecule has 0 aromatic carbocycles. The molecule has 0 aliphatic carbocycles. The smallest absolute Gasteiger partial charge is 0.268 e. The van der Waals surface area contributed by atoms with Gasteiger partial charge >= 0.3 is 0 Å². The second-order valence-corrected chi connectivity index (χ2v) is 18.1. The van der Waals surface area contributed by atoms with Gasteiger partial charge in [0.2, 0.25) is 5.91 Å². The fourth-order valence-electron chi connectivity index (χ4n) is 5.79. The van der Waals surface area contributed by atoms with Gasteiger partial charge in [-0.25, -0.2) is 0 Å². The number of aliphatic hydroxyl groups excluding tert-OH is 1. The van der Waals surface area contributed by atoms with Crippen molar-refractivity contribution in [3.63, 3.8) is 0 Å². The van der Waals surface area contributed by atoms with Crippen LogP contribution in [-0.4, -0.2) is 68.5 Å². The molecule has 0 radical (unpaired) electrons. The van der Waals surface area contributed by atoms with Crippen molar-refractivity contribution in [2.45, 2.75) is 161 Å². The molecule has 63 heavy (non-hydrogen) atoms. The van der Waals surface area contributed by atoms with Crippen LogP contribution in [0.15, 0.2) is 134 Å². The molecule has 0 aliphatic heterocycles. The number of phosphoric ester groups is 1. The number of nitrogens with zero attached hydrogens (tertiary/aromatic N) is 1. The second-order valence-electron chi connectivity index (χ2n) is 16.7. The lowest BCUT2D eigenvalue weighted by Gasteiger charge is -2.29. The average Bonchev–Trinajstić information content (AvgIpc) is 3.24. The van der Waals surface area contributed by atoms with Crippen LogP contribution < -0.4 is 10.2 Å². The van der Waals surface area contributed by atoms with E-state index in [0.29, 0.717) is 17.4 Å². The number of rotatable bonds is 41. The lowest BCUT2D eigenvalue weighted by molar-refractivity contribution is -0.870. The molecule has 0 spiro atoms. The van der Waals surface area contributed by atoms with Crippen LogP contribution in [0.4, 0.5) is 0 Å². The molecule has 2 N–H and O–H groups in total. The zero-order valence-corrected chi connectivity index (χ0v) is 41.1. The highest BCUT2D eigenvalue weighted by Crippen LogP contribution is 2.38. The number of unbranched alkanes of at least 4 members (excludes halogenated alkanes) is 8. The first-order valence-corrected chi connectivity index (χ1v) is 25.5. The Balaban J connectivity index is 4.21. The molecular weight excluding hydrogens is 804 g/mol. The van der Waals surface area contributed by atoms with Crippen LogP contribution in [0.1, 0.15) is 149 Å². The van der Waals surface area contributed by atoms with Crippen molar-refractivity contribution >= 4 is 13.7 Å². The van der Waals surface area contributed by atoms with Crippen molar-refractivity contribution in [2.24, 2.45) is 0 Å². The fraction of sp³-hybridized carbons (Fsp3) is 0.574. The number of hydrogen-bond acceptors (Lipinski definition) is 6. The molecule has 0 heterocycles. The van der Waals surface area contributed by atoms with Crippen molar-refractivity contribution in [2.75, 3.05) is 40.9 Å². The van der Waals surface area contributed by atoms with Gasteiger partial charge in [-0.2, -0.15) is 0 Å². The topological polar surface area (TPSA) is 108 Å². The highest BCUT2D eigenvalue weighted by atomic mass is 31.2. The number of quaternary nitrogens is 1. The summed E-state index contributed by atoms with van der Waals surface area (Å²) in [5, 5.41) is 13.6. The van der Waals surface area contributed by atoms with Gasteiger partial charge in [0, 0.05) is 6.42 Å². The fourth-order valence-corrected chi connectivity index (χ4v) is 6.51. The van der Waals surface area contributed by atoms with E-state index in [4.69, 9.17) is 9.05 Å². The first kappa shape index (κ1) is 59.6. The van der Waals surface area contributed by atoms with Crippen LogP contribution in [0.3, 0.4) is 0 Å². The minimum absolute atomic E-state index is 0.0189. The lowest BCUT2D eigenvalue weighted by Crippen LogP contribution is -2.45. The molecular formula is C54H89N2O6P. The molecule has 0 aromatic rings. The number of carbonyl (C=O) groups excluding carboxylic acids is 1. The number of carbonyl (C=O) groups is 1. The Morgan fingerprint density at radius 3 is 1.48 bits per heavy atom. The predicted molar refractivity (Wildman–Crippen MR) is 269 cm³/mol. The number of nitrogens with one attached hydrogen (secondary N) is 1. The molecule has 356 valence electrons. The van der Waals surface area contributed by atoms with Gasteiger partial charge < -0.3 is 28.8 Å². The number of phosphoric acid groups is 1. The van der Waals surface area contributed by atoms with Gasteiger partial charge in [-0.15, -0.1) is 0 Å². The monoisotopic (exact) mass is 893 g/mol. The zero-order valence-electron chi connectivity index (χ0n) is 40.2. The van der Waals surface area contributed by atoms with Gasteiger partial charge in [0.05, 0.1) is 39.9 Å². The molecule has 0 saturated heterocycles. The molecule has 0 rings (SSSR count). The van der Waals surface area contributed by atoms with E-state index < -0.39 is 26.6 Å². The Bertz CT molecular complexity index is 1480. The minimum Gasteiger partial charge on any atom is -0.756 e. The Morgan fingerprint density at radius 2 is 0.984 bits per heavy atom. The van der Waals surface area contributed by atoms with Crippen molar-refractivity contribution in [1.82, 2.24) is 5.32 Å². The average molecular weight is 893 g/mol. The van der Waals surface area contributed by atoms with Crippen LogP contribution in [0.25, 0.3) is 0 Å². The molecule has 0 bridgehead atoms. The maximum Gasteiger partial charge on any atom is 0.268 e.